The van der Waals surface area contributed by atoms with Gasteiger partial charge in [0, 0.05) is 19.1 Å². The molecule has 1 aromatic rings. The average molecular weight is 333 g/mol. The van der Waals surface area contributed by atoms with Crippen molar-refractivity contribution in [2.75, 3.05) is 13.1 Å². The minimum atomic E-state index is -0.627. The van der Waals surface area contributed by atoms with E-state index in [-0.39, 0.29) is 34.9 Å². The van der Waals surface area contributed by atoms with E-state index in [1.165, 1.54) is 12.1 Å². The Hall–Kier alpha value is -0.840. The lowest BCUT2D eigenvalue weighted by Crippen LogP contribution is -2.38. The Balaban J connectivity index is 0.00000161. The zero-order chi connectivity index (χ0) is 14.3. The second-order valence-electron chi connectivity index (χ2n) is 5.83. The van der Waals surface area contributed by atoms with Crippen LogP contribution >= 0.6 is 24.0 Å². The highest BCUT2D eigenvalue weighted by molar-refractivity contribution is 6.31. The number of carbonyl (C=O) groups is 1. The van der Waals surface area contributed by atoms with Crippen molar-refractivity contribution in [3.8, 4) is 0 Å². The first kappa shape index (κ1) is 16.5. The van der Waals surface area contributed by atoms with Gasteiger partial charge in [0.25, 0.3) is 5.91 Å². The third kappa shape index (κ3) is 3.03. The van der Waals surface area contributed by atoms with Crippen molar-refractivity contribution in [1.82, 2.24) is 4.90 Å². The van der Waals surface area contributed by atoms with Gasteiger partial charge in [0.15, 0.2) is 5.82 Å². The third-order valence-corrected chi connectivity index (χ3v) is 4.92. The molecule has 1 heterocycles. The molecule has 116 valence electrons. The number of carbonyl (C=O) groups excluding carboxylic acids is 1. The highest BCUT2D eigenvalue weighted by Gasteiger charge is 2.40. The monoisotopic (exact) mass is 332 g/mol. The quantitative estimate of drug-likeness (QED) is 0.858. The van der Waals surface area contributed by atoms with E-state index in [1.807, 2.05) is 0 Å². The number of fused-ring (bicyclic) bond motifs is 1. The third-order valence-electron chi connectivity index (χ3n) is 4.62. The Morgan fingerprint density at radius 1 is 1.33 bits per heavy atom. The van der Waals surface area contributed by atoms with Crippen LogP contribution in [-0.2, 0) is 0 Å². The first-order valence-corrected chi connectivity index (χ1v) is 7.44. The van der Waals surface area contributed by atoms with E-state index in [9.17, 15) is 9.18 Å². The summed E-state index contributed by atoms with van der Waals surface area (Å²) in [5.74, 6) is -0.0789. The lowest BCUT2D eigenvalue weighted by Gasteiger charge is -2.29. The lowest BCUT2D eigenvalue weighted by atomic mass is 9.78. The van der Waals surface area contributed by atoms with Gasteiger partial charge in [-0.15, -0.1) is 12.4 Å². The van der Waals surface area contributed by atoms with Crippen LogP contribution in [-0.4, -0.2) is 29.9 Å². The second-order valence-corrected chi connectivity index (χ2v) is 6.24. The van der Waals surface area contributed by atoms with Gasteiger partial charge in [0.1, 0.15) is 0 Å². The van der Waals surface area contributed by atoms with Crippen LogP contribution in [0.3, 0.4) is 0 Å². The van der Waals surface area contributed by atoms with Crippen molar-refractivity contribution < 1.29 is 9.18 Å². The van der Waals surface area contributed by atoms with Gasteiger partial charge in [-0.25, -0.2) is 4.39 Å². The van der Waals surface area contributed by atoms with Crippen molar-refractivity contribution in [2.24, 2.45) is 17.6 Å². The van der Waals surface area contributed by atoms with Gasteiger partial charge in [-0.05, 0) is 36.8 Å². The number of nitrogens with zero attached hydrogens (tertiary/aromatic N) is 1. The topological polar surface area (TPSA) is 46.3 Å². The molecule has 2 fully saturated rings. The zero-order valence-electron chi connectivity index (χ0n) is 11.6. The van der Waals surface area contributed by atoms with E-state index >= 15 is 0 Å². The van der Waals surface area contributed by atoms with Crippen LogP contribution in [0.15, 0.2) is 18.2 Å². The molecule has 3 nitrogen and oxygen atoms in total. The molecule has 0 spiro atoms. The van der Waals surface area contributed by atoms with E-state index in [0.717, 1.165) is 19.3 Å². The molecule has 21 heavy (non-hydrogen) atoms. The predicted molar refractivity (Wildman–Crippen MR) is 83.4 cm³/mol. The normalized spacial score (nSPS) is 28.0. The Bertz CT molecular complexity index is 540. The Morgan fingerprint density at radius 2 is 2.10 bits per heavy atom. The highest BCUT2D eigenvalue weighted by atomic mass is 35.5. The summed E-state index contributed by atoms with van der Waals surface area (Å²) in [5, 5.41) is -0.0100. The zero-order valence-corrected chi connectivity index (χ0v) is 13.2. The number of hydrogen-bond acceptors (Lipinski definition) is 2. The van der Waals surface area contributed by atoms with E-state index < -0.39 is 5.82 Å². The number of benzene rings is 1. The summed E-state index contributed by atoms with van der Waals surface area (Å²) in [7, 11) is 0. The summed E-state index contributed by atoms with van der Waals surface area (Å²) in [6, 6.07) is 4.71. The summed E-state index contributed by atoms with van der Waals surface area (Å²) in [4.78, 5) is 14.2. The summed E-state index contributed by atoms with van der Waals surface area (Å²) in [6.45, 7) is 1.32. The fraction of sp³-hybridized carbons (Fsp3) is 0.533. The Morgan fingerprint density at radius 3 is 2.81 bits per heavy atom. The van der Waals surface area contributed by atoms with E-state index in [4.69, 9.17) is 17.3 Å². The summed E-state index contributed by atoms with van der Waals surface area (Å²) in [6.07, 6.45) is 3.25. The molecule has 6 heteroatoms. The molecule has 1 saturated carbocycles. The minimum Gasteiger partial charge on any atom is -0.338 e. The smallest absolute Gasteiger partial charge is 0.256 e. The van der Waals surface area contributed by atoms with Crippen LogP contribution < -0.4 is 5.73 Å². The molecule has 2 N–H and O–H groups in total. The molecule has 0 aromatic heterocycles. The van der Waals surface area contributed by atoms with Gasteiger partial charge in [-0.1, -0.05) is 24.1 Å². The number of nitrogens with two attached hydrogens (primary N) is 1. The summed E-state index contributed by atoms with van der Waals surface area (Å²) in [5.41, 5.74) is 6.20. The van der Waals surface area contributed by atoms with E-state index in [2.05, 4.69) is 0 Å². The molecule has 1 aromatic carbocycles. The first-order chi connectivity index (χ1) is 9.58. The maximum atomic E-state index is 13.9. The van der Waals surface area contributed by atoms with Gasteiger partial charge in [0.05, 0.1) is 10.6 Å². The maximum absolute atomic E-state index is 13.9. The molecule has 1 aliphatic heterocycles. The summed E-state index contributed by atoms with van der Waals surface area (Å²) >= 11 is 5.74. The molecular weight excluding hydrogens is 314 g/mol. The maximum Gasteiger partial charge on any atom is 0.256 e. The molecule has 3 unspecified atom stereocenters. The average Bonchev–Trinajstić information content (AvgIpc) is 2.87. The van der Waals surface area contributed by atoms with Crippen LogP contribution in [0, 0.1) is 17.7 Å². The lowest BCUT2D eigenvalue weighted by molar-refractivity contribution is 0.0779. The number of hydrogen-bond donors (Lipinski definition) is 1. The second kappa shape index (κ2) is 6.51. The van der Waals surface area contributed by atoms with Gasteiger partial charge >= 0.3 is 0 Å². The fourth-order valence-corrected chi connectivity index (χ4v) is 3.70. The van der Waals surface area contributed by atoms with Crippen molar-refractivity contribution in [2.45, 2.75) is 25.3 Å². The standard InChI is InChI=1S/C15H18ClFN2O.ClH/c16-12-5-2-4-10(14(12)17)15(20)19-7-9-3-1-6-13(18)11(9)8-19;/h2,4-5,9,11,13H,1,3,6-8,18H2;1H. The van der Waals surface area contributed by atoms with Crippen LogP contribution in [0.25, 0.3) is 0 Å². The molecule has 0 radical (unpaired) electrons. The van der Waals surface area contributed by atoms with Crippen LogP contribution in [0.1, 0.15) is 29.6 Å². The van der Waals surface area contributed by atoms with Gasteiger partial charge in [-0.3, -0.25) is 4.79 Å². The van der Waals surface area contributed by atoms with Gasteiger partial charge in [-0.2, -0.15) is 0 Å². The molecule has 3 rings (SSSR count). The highest BCUT2D eigenvalue weighted by Crippen LogP contribution is 2.36. The predicted octanol–water partition coefficient (Wildman–Crippen LogP) is 3.10. The molecule has 1 aliphatic carbocycles. The molecule has 3 atom stereocenters. The largest absolute Gasteiger partial charge is 0.338 e. The first-order valence-electron chi connectivity index (χ1n) is 7.07. The number of likely N-dealkylation sites (tertiary alicyclic amines) is 1. The van der Waals surface area contributed by atoms with Crippen molar-refractivity contribution in [3.05, 3.63) is 34.6 Å². The van der Waals surface area contributed by atoms with Gasteiger partial charge in [0.2, 0.25) is 0 Å². The van der Waals surface area contributed by atoms with Crippen LogP contribution in [0.4, 0.5) is 4.39 Å². The van der Waals surface area contributed by atoms with Gasteiger partial charge < -0.3 is 10.6 Å². The SMILES string of the molecule is Cl.NC1CCCC2CN(C(=O)c3cccc(Cl)c3F)CC12. The van der Waals surface area contributed by atoms with Crippen molar-refractivity contribution >= 4 is 29.9 Å². The number of halogens is 3. The van der Waals surface area contributed by atoms with E-state index in [0.29, 0.717) is 24.9 Å². The molecule has 1 saturated heterocycles. The minimum absolute atomic E-state index is 0. The van der Waals surface area contributed by atoms with Crippen molar-refractivity contribution in [3.63, 3.8) is 0 Å². The summed E-state index contributed by atoms with van der Waals surface area (Å²) < 4.78 is 13.9. The fourth-order valence-electron chi connectivity index (χ4n) is 3.52. The Labute approximate surface area is 135 Å². The van der Waals surface area contributed by atoms with Crippen LogP contribution in [0.5, 0.6) is 0 Å². The molecular formula is C15H19Cl2FN2O. The Kier molecular flexibility index (Phi) is 5.12. The van der Waals surface area contributed by atoms with E-state index in [1.54, 1.807) is 11.0 Å². The number of rotatable bonds is 1. The number of amides is 1. The van der Waals surface area contributed by atoms with Crippen LogP contribution in [0.2, 0.25) is 5.02 Å². The molecule has 1 amide bonds. The molecule has 0 bridgehead atoms. The van der Waals surface area contributed by atoms with Crippen molar-refractivity contribution in [1.29, 1.82) is 0 Å². The molecule has 2 aliphatic rings.